The molecule has 6 heteroatoms. The number of carbonyl (C=O) groups excluding carboxylic acids is 2. The number of amides is 1. The molecule has 2 aromatic carbocycles. The van der Waals surface area contributed by atoms with Gasteiger partial charge < -0.3 is 19.5 Å². The van der Waals surface area contributed by atoms with Gasteiger partial charge in [0.2, 0.25) is 0 Å². The maximum Gasteiger partial charge on any atom is 0.337 e. The summed E-state index contributed by atoms with van der Waals surface area (Å²) in [6, 6.07) is 12.3. The maximum absolute atomic E-state index is 12.6. The third kappa shape index (κ3) is 5.00. The third-order valence-electron chi connectivity index (χ3n) is 4.10. The lowest BCUT2D eigenvalue weighted by atomic mass is 10.0. The van der Waals surface area contributed by atoms with Crippen molar-refractivity contribution < 1.29 is 23.8 Å². The molecule has 144 valence electrons. The summed E-state index contributed by atoms with van der Waals surface area (Å²) in [4.78, 5) is 24.2. The summed E-state index contributed by atoms with van der Waals surface area (Å²) in [6.45, 7) is 5.79. The lowest BCUT2D eigenvalue weighted by molar-refractivity contribution is -0.122. The first-order chi connectivity index (χ1) is 12.9. The molecule has 1 N–H and O–H groups in total. The van der Waals surface area contributed by atoms with Gasteiger partial charge in [-0.25, -0.2) is 4.79 Å². The number of methoxy groups -OCH3 is 2. The largest absolute Gasteiger partial charge is 0.493 e. The number of rotatable bonds is 7. The van der Waals surface area contributed by atoms with Gasteiger partial charge in [-0.05, 0) is 42.7 Å². The summed E-state index contributed by atoms with van der Waals surface area (Å²) in [5, 5.41) is 2.91. The SMILES string of the molecule is COC(=O)c1ccc(O[C@@H](C)C(=O)Nc2ccccc2C(C)C)c(OC)c1. The monoisotopic (exact) mass is 371 g/mol. The van der Waals surface area contributed by atoms with Crippen molar-refractivity contribution in [3.63, 3.8) is 0 Å². The number of benzene rings is 2. The van der Waals surface area contributed by atoms with Crippen molar-refractivity contribution in [2.75, 3.05) is 19.5 Å². The molecular weight excluding hydrogens is 346 g/mol. The van der Waals surface area contributed by atoms with Gasteiger partial charge in [0.25, 0.3) is 5.91 Å². The van der Waals surface area contributed by atoms with Crippen LogP contribution in [0.4, 0.5) is 5.69 Å². The van der Waals surface area contributed by atoms with Crippen LogP contribution in [-0.4, -0.2) is 32.2 Å². The van der Waals surface area contributed by atoms with Gasteiger partial charge in [-0.15, -0.1) is 0 Å². The van der Waals surface area contributed by atoms with E-state index in [1.165, 1.54) is 20.3 Å². The molecule has 0 saturated carbocycles. The van der Waals surface area contributed by atoms with Crippen LogP contribution in [0.5, 0.6) is 11.5 Å². The van der Waals surface area contributed by atoms with Crippen LogP contribution in [0.15, 0.2) is 42.5 Å². The molecule has 0 heterocycles. The number of esters is 1. The van der Waals surface area contributed by atoms with Crippen LogP contribution in [-0.2, 0) is 9.53 Å². The fourth-order valence-corrected chi connectivity index (χ4v) is 2.60. The zero-order chi connectivity index (χ0) is 20.0. The third-order valence-corrected chi connectivity index (χ3v) is 4.10. The first-order valence-electron chi connectivity index (χ1n) is 8.70. The molecule has 27 heavy (non-hydrogen) atoms. The number of carbonyl (C=O) groups is 2. The quantitative estimate of drug-likeness (QED) is 0.745. The number of anilines is 1. The van der Waals surface area contributed by atoms with Crippen LogP contribution in [0.1, 0.15) is 42.6 Å². The van der Waals surface area contributed by atoms with Crippen LogP contribution in [0.3, 0.4) is 0 Å². The molecule has 0 saturated heterocycles. The molecule has 0 aromatic heterocycles. The highest BCUT2D eigenvalue weighted by Crippen LogP contribution is 2.30. The summed E-state index contributed by atoms with van der Waals surface area (Å²) in [5.74, 6) is 0.242. The lowest BCUT2D eigenvalue weighted by Gasteiger charge is -2.19. The number of nitrogens with one attached hydrogen (secondary N) is 1. The molecule has 0 unspecified atom stereocenters. The minimum atomic E-state index is -0.761. The normalized spacial score (nSPS) is 11.6. The van der Waals surface area contributed by atoms with E-state index in [1.807, 2.05) is 24.3 Å². The van der Waals surface area contributed by atoms with E-state index in [-0.39, 0.29) is 11.8 Å². The fraction of sp³-hybridized carbons (Fsp3) is 0.333. The van der Waals surface area contributed by atoms with E-state index in [9.17, 15) is 9.59 Å². The number of para-hydroxylation sites is 1. The second-order valence-electron chi connectivity index (χ2n) is 6.35. The molecule has 0 aliphatic carbocycles. The van der Waals surface area contributed by atoms with E-state index in [2.05, 4.69) is 19.2 Å². The van der Waals surface area contributed by atoms with Crippen molar-refractivity contribution in [2.45, 2.75) is 32.8 Å². The predicted octanol–water partition coefficient (Wildman–Crippen LogP) is 4.01. The molecule has 0 radical (unpaired) electrons. The Morgan fingerprint density at radius 3 is 2.30 bits per heavy atom. The Balaban J connectivity index is 2.14. The molecule has 0 fully saturated rings. The van der Waals surface area contributed by atoms with Gasteiger partial charge in [0, 0.05) is 5.69 Å². The number of ether oxygens (including phenoxy) is 3. The molecule has 1 amide bonds. The fourth-order valence-electron chi connectivity index (χ4n) is 2.60. The van der Waals surface area contributed by atoms with Crippen LogP contribution in [0, 0.1) is 0 Å². The van der Waals surface area contributed by atoms with Crippen molar-refractivity contribution >= 4 is 17.6 Å². The Morgan fingerprint density at radius 1 is 0.963 bits per heavy atom. The predicted molar refractivity (Wildman–Crippen MR) is 104 cm³/mol. The molecule has 1 atom stereocenters. The summed E-state index contributed by atoms with van der Waals surface area (Å²) >= 11 is 0. The molecule has 0 aliphatic rings. The zero-order valence-corrected chi connectivity index (χ0v) is 16.2. The standard InChI is InChI=1S/C21H25NO5/c1-13(2)16-8-6-7-9-17(16)22-20(23)14(3)27-18-11-10-15(21(24)26-5)12-19(18)25-4/h6-14H,1-5H3,(H,22,23)/t14-/m0/s1. The van der Waals surface area contributed by atoms with Gasteiger partial charge in [-0.3, -0.25) is 4.79 Å². The van der Waals surface area contributed by atoms with Crippen molar-refractivity contribution in [1.29, 1.82) is 0 Å². The van der Waals surface area contributed by atoms with E-state index >= 15 is 0 Å². The summed E-state index contributed by atoms with van der Waals surface area (Å²) in [7, 11) is 2.77. The van der Waals surface area contributed by atoms with Crippen molar-refractivity contribution in [1.82, 2.24) is 0 Å². The van der Waals surface area contributed by atoms with E-state index in [0.717, 1.165) is 11.3 Å². The Hall–Kier alpha value is -3.02. The van der Waals surface area contributed by atoms with Gasteiger partial charge in [0.1, 0.15) is 0 Å². The highest BCUT2D eigenvalue weighted by Gasteiger charge is 2.19. The molecule has 0 aliphatic heterocycles. The summed E-state index contributed by atoms with van der Waals surface area (Å²) in [6.07, 6.45) is -0.761. The van der Waals surface area contributed by atoms with Crippen molar-refractivity contribution in [3.05, 3.63) is 53.6 Å². The Kier molecular flexibility index (Phi) is 6.82. The zero-order valence-electron chi connectivity index (χ0n) is 16.2. The van der Waals surface area contributed by atoms with Crippen molar-refractivity contribution in [2.24, 2.45) is 0 Å². The van der Waals surface area contributed by atoms with Crippen LogP contribution in [0.25, 0.3) is 0 Å². The second-order valence-corrected chi connectivity index (χ2v) is 6.35. The molecule has 0 spiro atoms. The minimum Gasteiger partial charge on any atom is -0.493 e. The van der Waals surface area contributed by atoms with Crippen LogP contribution >= 0.6 is 0 Å². The lowest BCUT2D eigenvalue weighted by Crippen LogP contribution is -2.30. The van der Waals surface area contributed by atoms with E-state index < -0.39 is 12.1 Å². The summed E-state index contributed by atoms with van der Waals surface area (Å²) in [5.41, 5.74) is 2.16. The topological polar surface area (TPSA) is 73.9 Å². The average molecular weight is 371 g/mol. The van der Waals surface area contributed by atoms with Gasteiger partial charge >= 0.3 is 5.97 Å². The van der Waals surface area contributed by atoms with Gasteiger partial charge in [-0.2, -0.15) is 0 Å². The first-order valence-corrected chi connectivity index (χ1v) is 8.70. The smallest absolute Gasteiger partial charge is 0.337 e. The molecular formula is C21H25NO5. The summed E-state index contributed by atoms with van der Waals surface area (Å²) < 4.78 is 15.7. The maximum atomic E-state index is 12.6. The minimum absolute atomic E-state index is 0.276. The first kappa shape index (κ1) is 20.3. The number of hydrogen-bond acceptors (Lipinski definition) is 5. The van der Waals surface area contributed by atoms with Gasteiger partial charge in [-0.1, -0.05) is 32.0 Å². The van der Waals surface area contributed by atoms with E-state index in [1.54, 1.807) is 19.1 Å². The Morgan fingerprint density at radius 2 is 1.67 bits per heavy atom. The van der Waals surface area contributed by atoms with Gasteiger partial charge in [0.05, 0.1) is 19.8 Å². The highest BCUT2D eigenvalue weighted by molar-refractivity contribution is 5.95. The highest BCUT2D eigenvalue weighted by atomic mass is 16.5. The average Bonchev–Trinajstić information content (AvgIpc) is 2.67. The Bertz CT molecular complexity index is 816. The van der Waals surface area contributed by atoms with E-state index in [4.69, 9.17) is 14.2 Å². The van der Waals surface area contributed by atoms with Gasteiger partial charge in [0.15, 0.2) is 17.6 Å². The molecule has 2 aromatic rings. The van der Waals surface area contributed by atoms with Crippen LogP contribution in [0.2, 0.25) is 0 Å². The van der Waals surface area contributed by atoms with E-state index in [0.29, 0.717) is 17.1 Å². The molecule has 2 rings (SSSR count). The van der Waals surface area contributed by atoms with Crippen LogP contribution < -0.4 is 14.8 Å². The number of hydrogen-bond donors (Lipinski definition) is 1. The Labute approximate surface area is 159 Å². The molecule has 6 nitrogen and oxygen atoms in total. The second kappa shape index (κ2) is 9.07. The van der Waals surface area contributed by atoms with Crippen molar-refractivity contribution in [3.8, 4) is 11.5 Å². The molecule has 0 bridgehead atoms.